The molecule has 1 aromatic carbocycles. The largest absolute Gasteiger partial charge is 0.374 e. The molecule has 110 valence electrons. The van der Waals surface area contributed by atoms with E-state index in [4.69, 9.17) is 10.5 Å². The minimum atomic E-state index is -0.195. The van der Waals surface area contributed by atoms with Crippen LogP contribution in [0.5, 0.6) is 0 Å². The van der Waals surface area contributed by atoms with Crippen molar-refractivity contribution in [2.45, 2.75) is 37.8 Å². The number of hydrogen-bond donors (Lipinski definition) is 1. The first-order chi connectivity index (χ1) is 9.60. The molecule has 0 amide bonds. The molecule has 3 atom stereocenters. The summed E-state index contributed by atoms with van der Waals surface area (Å²) in [5.41, 5.74) is 8.54. The Bertz CT molecular complexity index is 487. The van der Waals surface area contributed by atoms with Crippen LogP contribution in [0, 0.1) is 18.7 Å². The van der Waals surface area contributed by atoms with Crippen molar-refractivity contribution in [3.8, 4) is 0 Å². The Labute approximate surface area is 124 Å². The first-order valence-corrected chi connectivity index (χ1v) is 8.48. The molecule has 3 unspecified atom stereocenters. The molecule has 2 heterocycles. The third-order valence-corrected chi connectivity index (χ3v) is 5.93. The third kappa shape index (κ3) is 2.74. The number of thioether (sulfide) groups is 1. The van der Waals surface area contributed by atoms with Crippen molar-refractivity contribution in [1.29, 1.82) is 0 Å². The van der Waals surface area contributed by atoms with E-state index in [2.05, 4.69) is 0 Å². The van der Waals surface area contributed by atoms with Gasteiger partial charge in [-0.15, -0.1) is 0 Å². The molecule has 2 N–H and O–H groups in total. The van der Waals surface area contributed by atoms with Gasteiger partial charge in [0.25, 0.3) is 0 Å². The van der Waals surface area contributed by atoms with Crippen molar-refractivity contribution in [1.82, 2.24) is 0 Å². The number of nitrogens with two attached hydrogens (primary N) is 1. The molecule has 2 aliphatic rings. The van der Waals surface area contributed by atoms with Crippen LogP contribution in [0.25, 0.3) is 0 Å². The Morgan fingerprint density at radius 1 is 1.50 bits per heavy atom. The Morgan fingerprint density at radius 2 is 2.35 bits per heavy atom. The second-order valence-corrected chi connectivity index (χ2v) is 7.22. The van der Waals surface area contributed by atoms with Crippen LogP contribution in [0.3, 0.4) is 0 Å². The lowest BCUT2D eigenvalue weighted by atomic mass is 9.78. The second kappa shape index (κ2) is 5.66. The normalized spacial score (nSPS) is 31.6. The predicted molar refractivity (Wildman–Crippen MR) is 81.4 cm³/mol. The van der Waals surface area contributed by atoms with Crippen LogP contribution in [0.2, 0.25) is 0 Å². The maximum Gasteiger partial charge on any atom is 0.123 e. The lowest BCUT2D eigenvalue weighted by Gasteiger charge is -2.40. The SMILES string of the molecule is Cc1ccc(F)cc1C(N)C1CCOC2(CCSC2)C1. The van der Waals surface area contributed by atoms with E-state index in [9.17, 15) is 4.39 Å². The standard InChI is InChI=1S/C16H22FNOS/c1-11-2-3-13(17)8-14(11)15(18)12-4-6-19-16(9-12)5-7-20-10-16/h2-3,8,12,15H,4-7,9-10,18H2,1H3. The van der Waals surface area contributed by atoms with Crippen molar-refractivity contribution >= 4 is 11.8 Å². The minimum Gasteiger partial charge on any atom is -0.374 e. The van der Waals surface area contributed by atoms with Crippen LogP contribution >= 0.6 is 11.8 Å². The number of benzene rings is 1. The monoisotopic (exact) mass is 295 g/mol. The topological polar surface area (TPSA) is 35.2 Å². The van der Waals surface area contributed by atoms with E-state index in [0.29, 0.717) is 5.92 Å². The molecule has 3 rings (SSSR count). The summed E-state index contributed by atoms with van der Waals surface area (Å²) in [4.78, 5) is 0. The highest BCUT2D eigenvalue weighted by Crippen LogP contribution is 2.43. The minimum absolute atomic E-state index is 0.0342. The molecule has 0 bridgehead atoms. The molecule has 2 nitrogen and oxygen atoms in total. The van der Waals surface area contributed by atoms with Crippen LogP contribution in [-0.4, -0.2) is 23.7 Å². The first-order valence-electron chi connectivity index (χ1n) is 7.33. The predicted octanol–water partition coefficient (Wildman–Crippen LogP) is 3.44. The zero-order valence-electron chi connectivity index (χ0n) is 11.9. The highest BCUT2D eigenvalue weighted by atomic mass is 32.2. The van der Waals surface area contributed by atoms with Crippen LogP contribution in [0.15, 0.2) is 18.2 Å². The molecule has 2 saturated heterocycles. The van der Waals surface area contributed by atoms with Gasteiger partial charge in [0.1, 0.15) is 5.82 Å². The van der Waals surface area contributed by atoms with Crippen LogP contribution < -0.4 is 5.73 Å². The first kappa shape index (κ1) is 14.4. The summed E-state index contributed by atoms with van der Waals surface area (Å²) < 4.78 is 19.5. The van der Waals surface area contributed by atoms with E-state index in [1.165, 1.54) is 11.8 Å². The molecule has 0 saturated carbocycles. The second-order valence-electron chi connectivity index (χ2n) is 6.11. The van der Waals surface area contributed by atoms with Crippen LogP contribution in [0.4, 0.5) is 4.39 Å². The van der Waals surface area contributed by atoms with E-state index in [-0.39, 0.29) is 17.5 Å². The summed E-state index contributed by atoms with van der Waals surface area (Å²) in [5.74, 6) is 2.46. The maximum atomic E-state index is 13.5. The molecule has 2 fully saturated rings. The van der Waals surface area contributed by atoms with Crippen LogP contribution in [0.1, 0.15) is 36.4 Å². The Kier molecular flexibility index (Phi) is 4.07. The number of halogens is 1. The van der Waals surface area contributed by atoms with E-state index in [1.54, 1.807) is 6.07 Å². The average Bonchev–Trinajstić information content (AvgIpc) is 2.88. The van der Waals surface area contributed by atoms with E-state index < -0.39 is 0 Å². The molecule has 0 aromatic heterocycles. The highest BCUT2D eigenvalue weighted by Gasteiger charge is 2.42. The third-order valence-electron chi connectivity index (χ3n) is 4.71. The number of rotatable bonds is 2. The summed E-state index contributed by atoms with van der Waals surface area (Å²) in [7, 11) is 0. The molecule has 1 aromatic rings. The molecular weight excluding hydrogens is 273 g/mol. The summed E-state index contributed by atoms with van der Waals surface area (Å²) in [5, 5.41) is 0. The molecule has 1 spiro atoms. The highest BCUT2D eigenvalue weighted by molar-refractivity contribution is 7.99. The molecule has 0 radical (unpaired) electrons. The number of aryl methyl sites for hydroxylation is 1. The van der Waals surface area contributed by atoms with Gasteiger partial charge in [0.15, 0.2) is 0 Å². The Balaban J connectivity index is 1.79. The summed E-state index contributed by atoms with van der Waals surface area (Å²) in [6.45, 7) is 2.79. The molecule has 0 aliphatic carbocycles. The maximum absolute atomic E-state index is 13.5. The molecule has 4 heteroatoms. The quantitative estimate of drug-likeness (QED) is 0.908. The van der Waals surface area contributed by atoms with E-state index in [1.807, 2.05) is 24.8 Å². The van der Waals surface area contributed by atoms with Crippen LogP contribution in [-0.2, 0) is 4.74 Å². The zero-order chi connectivity index (χ0) is 14.2. The van der Waals surface area contributed by atoms with Crippen molar-refractivity contribution in [2.24, 2.45) is 11.7 Å². The average molecular weight is 295 g/mol. The van der Waals surface area contributed by atoms with Gasteiger partial charge in [0.2, 0.25) is 0 Å². The zero-order valence-corrected chi connectivity index (χ0v) is 12.7. The summed E-state index contributed by atoms with van der Waals surface area (Å²) in [6, 6.07) is 4.85. The van der Waals surface area contributed by atoms with Gasteiger partial charge in [0, 0.05) is 18.4 Å². The summed E-state index contributed by atoms with van der Waals surface area (Å²) >= 11 is 1.97. The fourth-order valence-corrected chi connectivity index (χ4v) is 4.84. The van der Waals surface area contributed by atoms with Crippen molar-refractivity contribution < 1.29 is 9.13 Å². The fourth-order valence-electron chi connectivity index (χ4n) is 3.46. The van der Waals surface area contributed by atoms with Gasteiger partial charge in [-0.25, -0.2) is 4.39 Å². The van der Waals surface area contributed by atoms with Gasteiger partial charge in [0.05, 0.1) is 5.60 Å². The number of hydrogen-bond acceptors (Lipinski definition) is 3. The number of ether oxygens (including phenoxy) is 1. The molecular formula is C16H22FNOS. The van der Waals surface area contributed by atoms with Gasteiger partial charge < -0.3 is 10.5 Å². The van der Waals surface area contributed by atoms with Gasteiger partial charge in [-0.3, -0.25) is 0 Å². The summed E-state index contributed by atoms with van der Waals surface area (Å²) in [6.07, 6.45) is 3.11. The van der Waals surface area contributed by atoms with E-state index >= 15 is 0 Å². The fraction of sp³-hybridized carbons (Fsp3) is 0.625. The van der Waals surface area contributed by atoms with Crippen molar-refractivity contribution in [3.63, 3.8) is 0 Å². The molecule has 20 heavy (non-hydrogen) atoms. The smallest absolute Gasteiger partial charge is 0.123 e. The van der Waals surface area contributed by atoms with Crippen molar-refractivity contribution in [2.75, 3.05) is 18.1 Å². The Morgan fingerprint density at radius 3 is 3.10 bits per heavy atom. The van der Waals surface area contributed by atoms with Gasteiger partial charge in [-0.1, -0.05) is 6.07 Å². The Hall–Kier alpha value is -0.580. The van der Waals surface area contributed by atoms with E-state index in [0.717, 1.165) is 42.7 Å². The van der Waals surface area contributed by atoms with Gasteiger partial charge >= 0.3 is 0 Å². The van der Waals surface area contributed by atoms with Gasteiger partial charge in [-0.2, -0.15) is 11.8 Å². The molecule has 2 aliphatic heterocycles. The lowest BCUT2D eigenvalue weighted by molar-refractivity contribution is -0.0834. The van der Waals surface area contributed by atoms with Gasteiger partial charge in [-0.05, 0) is 61.1 Å². The van der Waals surface area contributed by atoms with Crippen molar-refractivity contribution in [3.05, 3.63) is 35.1 Å². The lowest BCUT2D eigenvalue weighted by Crippen LogP contribution is -2.42.